The molecule has 0 bridgehead atoms. The number of benzene rings is 1. The monoisotopic (exact) mass is 232 g/mol. The van der Waals surface area contributed by atoms with E-state index in [-0.39, 0.29) is 5.25 Å². The predicted molar refractivity (Wildman–Crippen MR) is 65.3 cm³/mol. The van der Waals surface area contributed by atoms with Gasteiger partial charge in [-0.15, -0.1) is 23.1 Å². The number of hydrogen-bond donors (Lipinski definition) is 0. The van der Waals surface area contributed by atoms with Crippen molar-refractivity contribution in [3.63, 3.8) is 0 Å². The predicted octanol–water partition coefficient (Wildman–Crippen LogP) is 3.69. The van der Waals surface area contributed by atoms with Gasteiger partial charge in [0.25, 0.3) is 0 Å². The lowest BCUT2D eigenvalue weighted by atomic mass is 10.3. The highest BCUT2D eigenvalue weighted by Gasteiger charge is 2.18. The Balaban J connectivity index is 1.96. The van der Waals surface area contributed by atoms with E-state index in [1.807, 2.05) is 47.8 Å². The summed E-state index contributed by atoms with van der Waals surface area (Å²) in [4.78, 5) is 10.0. The first-order valence-corrected chi connectivity index (χ1v) is 6.39. The van der Waals surface area contributed by atoms with E-state index in [1.165, 1.54) is 4.90 Å². The van der Waals surface area contributed by atoms with Crippen molar-refractivity contribution < 1.29 is 0 Å². The summed E-state index contributed by atoms with van der Waals surface area (Å²) >= 11 is 3.49. The topological polar surface area (TPSA) is 25.2 Å². The maximum Gasteiger partial charge on any atom is 0.111 e. The molecule has 0 radical (unpaired) electrons. The van der Waals surface area contributed by atoms with Crippen LogP contribution in [0.25, 0.3) is 0 Å². The summed E-state index contributed by atoms with van der Waals surface area (Å²) in [5, 5.41) is 3.41. The van der Waals surface area contributed by atoms with Crippen molar-refractivity contribution in [1.29, 1.82) is 0 Å². The number of hydrogen-bond acceptors (Lipinski definition) is 4. The van der Waals surface area contributed by atoms with Gasteiger partial charge >= 0.3 is 0 Å². The molecule has 0 fully saturated rings. The van der Waals surface area contributed by atoms with Gasteiger partial charge in [0.1, 0.15) is 5.01 Å². The van der Waals surface area contributed by atoms with Gasteiger partial charge in [0.2, 0.25) is 0 Å². The number of para-hydroxylation sites is 1. The summed E-state index contributed by atoms with van der Waals surface area (Å²) in [6.07, 6.45) is 3.82. The van der Waals surface area contributed by atoms with Crippen LogP contribution in [0, 0.1) is 0 Å². The zero-order valence-corrected chi connectivity index (χ0v) is 9.46. The molecule has 0 aliphatic carbocycles. The number of rotatable bonds is 1. The molecule has 3 rings (SSSR count). The summed E-state index contributed by atoms with van der Waals surface area (Å²) < 4.78 is 0. The van der Waals surface area contributed by atoms with E-state index in [0.29, 0.717) is 0 Å². The first-order valence-electron chi connectivity index (χ1n) is 4.63. The van der Waals surface area contributed by atoms with Crippen molar-refractivity contribution in [3.05, 3.63) is 40.8 Å². The van der Waals surface area contributed by atoms with Crippen LogP contribution < -0.4 is 0 Å². The Kier molecular flexibility index (Phi) is 2.31. The van der Waals surface area contributed by atoms with Gasteiger partial charge in [0.15, 0.2) is 0 Å². The van der Waals surface area contributed by atoms with Gasteiger partial charge in [-0.25, -0.2) is 4.98 Å². The fraction of sp³-hybridized carbons (Fsp3) is 0.0909. The van der Waals surface area contributed by atoms with Crippen LogP contribution in [0.4, 0.5) is 5.69 Å². The van der Waals surface area contributed by atoms with Crippen molar-refractivity contribution in [2.75, 3.05) is 0 Å². The molecular weight excluding hydrogens is 224 g/mol. The van der Waals surface area contributed by atoms with Crippen LogP contribution >= 0.6 is 23.1 Å². The fourth-order valence-corrected chi connectivity index (χ4v) is 3.31. The highest BCUT2D eigenvalue weighted by Crippen LogP contribution is 2.42. The number of thioether (sulfide) groups is 1. The summed E-state index contributed by atoms with van der Waals surface area (Å²) in [5.74, 6) is 0. The SMILES string of the molecule is C1=Nc2ccccc2SC1c1nccs1. The average Bonchev–Trinajstić information content (AvgIpc) is 2.82. The Labute approximate surface area is 96.1 Å². The van der Waals surface area contributed by atoms with E-state index >= 15 is 0 Å². The Morgan fingerprint density at radius 1 is 1.20 bits per heavy atom. The van der Waals surface area contributed by atoms with E-state index < -0.39 is 0 Å². The molecule has 74 valence electrons. The molecule has 4 heteroatoms. The van der Waals surface area contributed by atoms with E-state index in [1.54, 1.807) is 11.3 Å². The first-order chi connectivity index (χ1) is 7.43. The van der Waals surface area contributed by atoms with Gasteiger partial charge in [-0.05, 0) is 12.1 Å². The lowest BCUT2D eigenvalue weighted by Gasteiger charge is -2.15. The third-order valence-corrected chi connectivity index (χ3v) is 4.37. The highest BCUT2D eigenvalue weighted by molar-refractivity contribution is 8.00. The lowest BCUT2D eigenvalue weighted by molar-refractivity contribution is 1.19. The molecule has 1 unspecified atom stereocenters. The zero-order chi connectivity index (χ0) is 10.1. The molecule has 0 N–H and O–H groups in total. The van der Waals surface area contributed by atoms with Crippen molar-refractivity contribution in [1.82, 2.24) is 4.98 Å². The second-order valence-electron chi connectivity index (χ2n) is 3.15. The molecule has 1 aliphatic heterocycles. The molecule has 2 nitrogen and oxygen atoms in total. The largest absolute Gasteiger partial charge is 0.258 e. The second-order valence-corrected chi connectivity index (χ2v) is 5.26. The number of aromatic nitrogens is 1. The maximum atomic E-state index is 4.45. The Hall–Kier alpha value is -1.13. The molecule has 15 heavy (non-hydrogen) atoms. The quantitative estimate of drug-likeness (QED) is 0.749. The normalized spacial score (nSPS) is 18.8. The Bertz CT molecular complexity index is 491. The number of nitrogens with zero attached hydrogens (tertiary/aromatic N) is 2. The van der Waals surface area contributed by atoms with Crippen LogP contribution in [0.15, 0.2) is 45.7 Å². The van der Waals surface area contributed by atoms with Gasteiger partial charge < -0.3 is 0 Å². The molecule has 0 amide bonds. The fourth-order valence-electron chi connectivity index (χ4n) is 1.47. The molecule has 2 heterocycles. The molecular formula is C11H8N2S2. The third kappa shape index (κ3) is 1.70. The van der Waals surface area contributed by atoms with Crippen LogP contribution in [0.2, 0.25) is 0 Å². The second kappa shape index (κ2) is 3.79. The number of fused-ring (bicyclic) bond motifs is 1. The van der Waals surface area contributed by atoms with Crippen molar-refractivity contribution in [3.8, 4) is 0 Å². The summed E-state index contributed by atoms with van der Waals surface area (Å²) in [5.41, 5.74) is 1.07. The van der Waals surface area contributed by atoms with Gasteiger partial charge in [-0.2, -0.15) is 0 Å². The van der Waals surface area contributed by atoms with Crippen molar-refractivity contribution in [2.45, 2.75) is 10.1 Å². The number of thiazole rings is 1. The van der Waals surface area contributed by atoms with E-state index in [0.717, 1.165) is 10.7 Å². The summed E-state index contributed by atoms with van der Waals surface area (Å²) in [7, 11) is 0. The van der Waals surface area contributed by atoms with Crippen LogP contribution in [0.3, 0.4) is 0 Å². The lowest BCUT2D eigenvalue weighted by Crippen LogP contribution is -1.98. The highest BCUT2D eigenvalue weighted by atomic mass is 32.2. The van der Waals surface area contributed by atoms with Crippen LogP contribution in [0.1, 0.15) is 10.3 Å². The average molecular weight is 232 g/mol. The molecule has 2 aromatic rings. The molecule has 1 aromatic carbocycles. The van der Waals surface area contributed by atoms with Gasteiger partial charge in [0, 0.05) is 22.7 Å². The Morgan fingerprint density at radius 3 is 3.00 bits per heavy atom. The van der Waals surface area contributed by atoms with E-state index in [9.17, 15) is 0 Å². The molecule has 0 saturated heterocycles. The molecule has 1 aromatic heterocycles. The molecule has 1 aliphatic rings. The van der Waals surface area contributed by atoms with Crippen molar-refractivity contribution >= 4 is 35.0 Å². The van der Waals surface area contributed by atoms with Crippen LogP contribution in [0.5, 0.6) is 0 Å². The van der Waals surface area contributed by atoms with Crippen LogP contribution in [-0.4, -0.2) is 11.2 Å². The summed E-state index contributed by atoms with van der Waals surface area (Å²) in [6.45, 7) is 0. The summed E-state index contributed by atoms with van der Waals surface area (Å²) in [6, 6.07) is 8.21. The van der Waals surface area contributed by atoms with E-state index in [4.69, 9.17) is 0 Å². The molecule has 0 saturated carbocycles. The van der Waals surface area contributed by atoms with Gasteiger partial charge in [-0.3, -0.25) is 4.99 Å². The number of aliphatic imine (C=N–C) groups is 1. The van der Waals surface area contributed by atoms with Crippen LogP contribution in [-0.2, 0) is 0 Å². The zero-order valence-electron chi connectivity index (χ0n) is 7.83. The third-order valence-electron chi connectivity index (χ3n) is 2.16. The van der Waals surface area contributed by atoms with Gasteiger partial charge in [0.05, 0.1) is 10.9 Å². The van der Waals surface area contributed by atoms with Crippen molar-refractivity contribution in [2.24, 2.45) is 4.99 Å². The smallest absolute Gasteiger partial charge is 0.111 e. The van der Waals surface area contributed by atoms with E-state index in [2.05, 4.69) is 16.0 Å². The minimum absolute atomic E-state index is 0.278. The van der Waals surface area contributed by atoms with Gasteiger partial charge in [-0.1, -0.05) is 12.1 Å². The first kappa shape index (κ1) is 9.12. The maximum absolute atomic E-state index is 4.45. The minimum atomic E-state index is 0.278. The molecule has 1 atom stereocenters. The standard InChI is InChI=1S/C11H8N2S2/c1-2-4-9-8(3-1)13-7-10(15-9)11-12-5-6-14-11/h1-7,10H. The Morgan fingerprint density at radius 2 is 2.13 bits per heavy atom. The minimum Gasteiger partial charge on any atom is -0.258 e. The molecule has 0 spiro atoms.